The molecule has 0 aliphatic carbocycles. The van der Waals surface area contributed by atoms with Gasteiger partial charge in [-0.25, -0.2) is 4.98 Å². The number of nitrogens with zero attached hydrogens (tertiary/aromatic N) is 3. The number of fused-ring (bicyclic) bond motifs is 1. The first kappa shape index (κ1) is 20.8. The fourth-order valence-corrected chi connectivity index (χ4v) is 4.14. The Kier molecular flexibility index (Phi) is 6.43. The quantitative estimate of drug-likeness (QED) is 0.737. The number of hydrogen-bond donors (Lipinski definition) is 0. The summed E-state index contributed by atoms with van der Waals surface area (Å²) in [6, 6.07) is 3.90. The second kappa shape index (κ2) is 8.64. The third-order valence-electron chi connectivity index (χ3n) is 5.86. The molecule has 2 aromatic rings. The lowest BCUT2D eigenvalue weighted by molar-refractivity contribution is 0.0639. The number of imidazole rings is 1. The van der Waals surface area contributed by atoms with Gasteiger partial charge in [-0.15, -0.1) is 0 Å². The second-order valence-corrected chi connectivity index (χ2v) is 8.87. The van der Waals surface area contributed by atoms with Crippen molar-refractivity contribution in [1.29, 1.82) is 0 Å². The Hall–Kier alpha value is -1.88. The smallest absolute Gasteiger partial charge is 0.254 e. The fourth-order valence-electron chi connectivity index (χ4n) is 4.14. The summed E-state index contributed by atoms with van der Waals surface area (Å²) in [5.41, 5.74) is 4.01. The van der Waals surface area contributed by atoms with Gasteiger partial charge in [0.15, 0.2) is 0 Å². The van der Waals surface area contributed by atoms with Gasteiger partial charge >= 0.3 is 0 Å². The number of hydrogen-bond acceptors (Lipinski definition) is 3. The number of pyridine rings is 1. The van der Waals surface area contributed by atoms with Crippen molar-refractivity contribution in [1.82, 2.24) is 14.3 Å². The van der Waals surface area contributed by atoms with Gasteiger partial charge in [0.1, 0.15) is 5.65 Å². The van der Waals surface area contributed by atoms with Crippen LogP contribution in [0.4, 0.5) is 0 Å². The highest BCUT2D eigenvalue weighted by atomic mass is 16.5. The molecule has 5 heteroatoms. The van der Waals surface area contributed by atoms with E-state index in [-0.39, 0.29) is 11.3 Å². The van der Waals surface area contributed by atoms with E-state index in [9.17, 15) is 4.79 Å². The van der Waals surface area contributed by atoms with Crippen LogP contribution in [0.1, 0.15) is 75.6 Å². The van der Waals surface area contributed by atoms with Crippen LogP contribution in [0.5, 0.6) is 0 Å². The topological polar surface area (TPSA) is 46.8 Å². The van der Waals surface area contributed by atoms with E-state index in [1.54, 1.807) is 0 Å². The molecule has 0 atom stereocenters. The molecule has 0 spiro atoms. The standard InChI is InChI=1S/C23H35N3O2/c1-6-25(7-2)22(27)18-10-13-26-19(9-8-17-11-14-28-15-12-17)21(23(3,4)5)24-20(26)16-18/h10,13,16-17H,6-9,11-12,14-15H2,1-5H3. The van der Waals surface area contributed by atoms with Gasteiger partial charge in [0.05, 0.1) is 5.69 Å². The molecule has 0 N–H and O–H groups in total. The van der Waals surface area contributed by atoms with Crippen LogP contribution < -0.4 is 0 Å². The lowest BCUT2D eigenvalue weighted by Crippen LogP contribution is -2.30. The predicted octanol–water partition coefficient (Wildman–Crippen LogP) is 4.47. The summed E-state index contributed by atoms with van der Waals surface area (Å²) in [7, 11) is 0. The number of rotatable bonds is 6. The first-order chi connectivity index (χ1) is 13.3. The minimum Gasteiger partial charge on any atom is -0.381 e. The van der Waals surface area contributed by atoms with Crippen LogP contribution in [0.3, 0.4) is 0 Å². The summed E-state index contributed by atoms with van der Waals surface area (Å²) in [4.78, 5) is 19.6. The SMILES string of the molecule is CCN(CC)C(=O)c1ccn2c(CCC3CCOCC3)c(C(C)(C)C)nc2c1. The molecule has 0 bridgehead atoms. The van der Waals surface area contributed by atoms with E-state index in [1.807, 2.05) is 37.1 Å². The summed E-state index contributed by atoms with van der Waals surface area (Å²) in [5, 5.41) is 0. The second-order valence-electron chi connectivity index (χ2n) is 8.87. The van der Waals surface area contributed by atoms with E-state index in [2.05, 4.69) is 25.2 Å². The zero-order valence-electron chi connectivity index (χ0n) is 18.1. The molecule has 1 aliphatic heterocycles. The molecule has 1 saturated heterocycles. The van der Waals surface area contributed by atoms with E-state index in [0.29, 0.717) is 0 Å². The van der Waals surface area contributed by atoms with Gasteiger partial charge in [0, 0.05) is 49.2 Å². The molecule has 1 fully saturated rings. The monoisotopic (exact) mass is 385 g/mol. The number of carbonyl (C=O) groups excluding carboxylic acids is 1. The third-order valence-corrected chi connectivity index (χ3v) is 5.86. The fraction of sp³-hybridized carbons (Fsp3) is 0.652. The molecule has 0 unspecified atom stereocenters. The normalized spacial score (nSPS) is 15.9. The summed E-state index contributed by atoms with van der Waals surface area (Å²) < 4.78 is 7.70. The van der Waals surface area contributed by atoms with Crippen molar-refractivity contribution < 1.29 is 9.53 Å². The molecular formula is C23H35N3O2. The Bertz CT molecular complexity index is 809. The molecule has 0 aromatic carbocycles. The number of aromatic nitrogens is 2. The van der Waals surface area contributed by atoms with Gasteiger partial charge in [0.2, 0.25) is 0 Å². The maximum atomic E-state index is 12.7. The maximum Gasteiger partial charge on any atom is 0.254 e. The van der Waals surface area contributed by atoms with Gasteiger partial charge in [-0.1, -0.05) is 20.8 Å². The first-order valence-corrected chi connectivity index (χ1v) is 10.7. The molecule has 1 aliphatic rings. The van der Waals surface area contributed by atoms with Gasteiger partial charge in [-0.2, -0.15) is 0 Å². The number of amides is 1. The zero-order chi connectivity index (χ0) is 20.3. The van der Waals surface area contributed by atoms with E-state index in [1.165, 1.54) is 12.1 Å². The van der Waals surface area contributed by atoms with Crippen LogP contribution in [0.15, 0.2) is 18.3 Å². The van der Waals surface area contributed by atoms with Crippen LogP contribution in [0, 0.1) is 5.92 Å². The Balaban J connectivity index is 1.93. The minimum atomic E-state index is -0.0277. The highest BCUT2D eigenvalue weighted by molar-refractivity contribution is 5.95. The van der Waals surface area contributed by atoms with Gasteiger partial charge in [-0.05, 0) is 57.6 Å². The summed E-state index contributed by atoms with van der Waals surface area (Å²) in [6.07, 6.45) is 6.53. The van der Waals surface area contributed by atoms with E-state index >= 15 is 0 Å². The number of ether oxygens (including phenoxy) is 1. The zero-order valence-corrected chi connectivity index (χ0v) is 18.1. The van der Waals surface area contributed by atoms with Crippen LogP contribution in [0.2, 0.25) is 0 Å². The highest BCUT2D eigenvalue weighted by Gasteiger charge is 2.25. The molecule has 0 saturated carbocycles. The Morgan fingerprint density at radius 1 is 1.25 bits per heavy atom. The van der Waals surface area contributed by atoms with Gasteiger partial charge in [0.25, 0.3) is 5.91 Å². The van der Waals surface area contributed by atoms with Crippen molar-refractivity contribution >= 4 is 11.6 Å². The number of carbonyl (C=O) groups is 1. The largest absolute Gasteiger partial charge is 0.381 e. The molecule has 3 heterocycles. The Morgan fingerprint density at radius 2 is 1.93 bits per heavy atom. The lowest BCUT2D eigenvalue weighted by Gasteiger charge is -2.23. The molecule has 0 radical (unpaired) electrons. The molecule has 3 rings (SSSR count). The molecule has 154 valence electrons. The first-order valence-electron chi connectivity index (χ1n) is 10.7. The summed E-state index contributed by atoms with van der Waals surface area (Å²) in [6.45, 7) is 13.9. The average molecular weight is 386 g/mol. The van der Waals surface area contributed by atoms with Crippen molar-refractivity contribution in [2.45, 2.75) is 65.7 Å². The van der Waals surface area contributed by atoms with Crippen molar-refractivity contribution in [3.63, 3.8) is 0 Å². The van der Waals surface area contributed by atoms with Crippen LogP contribution in [-0.4, -0.2) is 46.5 Å². The molecule has 1 amide bonds. The van der Waals surface area contributed by atoms with Crippen molar-refractivity contribution in [2.24, 2.45) is 5.92 Å². The van der Waals surface area contributed by atoms with Crippen LogP contribution >= 0.6 is 0 Å². The average Bonchev–Trinajstić information content (AvgIpc) is 3.06. The summed E-state index contributed by atoms with van der Waals surface area (Å²) in [5.74, 6) is 0.812. The molecule has 5 nitrogen and oxygen atoms in total. The highest BCUT2D eigenvalue weighted by Crippen LogP contribution is 2.29. The molecular weight excluding hydrogens is 350 g/mol. The van der Waals surface area contributed by atoms with Crippen LogP contribution in [-0.2, 0) is 16.6 Å². The lowest BCUT2D eigenvalue weighted by atomic mass is 9.87. The Labute approximate surface area is 169 Å². The maximum absolute atomic E-state index is 12.7. The minimum absolute atomic E-state index is 0.0277. The molecule has 2 aromatic heterocycles. The summed E-state index contributed by atoms with van der Waals surface area (Å²) >= 11 is 0. The predicted molar refractivity (Wildman–Crippen MR) is 113 cm³/mol. The van der Waals surface area contributed by atoms with Crippen molar-refractivity contribution in [3.05, 3.63) is 35.3 Å². The van der Waals surface area contributed by atoms with Gasteiger partial charge in [-0.3, -0.25) is 4.79 Å². The molecule has 28 heavy (non-hydrogen) atoms. The number of aryl methyl sites for hydroxylation is 1. The van der Waals surface area contributed by atoms with E-state index in [0.717, 1.165) is 68.4 Å². The Morgan fingerprint density at radius 3 is 2.54 bits per heavy atom. The van der Waals surface area contributed by atoms with Crippen molar-refractivity contribution in [2.75, 3.05) is 26.3 Å². The van der Waals surface area contributed by atoms with E-state index < -0.39 is 0 Å². The third kappa shape index (κ3) is 4.40. The van der Waals surface area contributed by atoms with Crippen LogP contribution in [0.25, 0.3) is 5.65 Å². The van der Waals surface area contributed by atoms with Gasteiger partial charge < -0.3 is 14.0 Å². The van der Waals surface area contributed by atoms with Crippen molar-refractivity contribution in [3.8, 4) is 0 Å². The van der Waals surface area contributed by atoms with E-state index in [4.69, 9.17) is 9.72 Å².